The minimum absolute atomic E-state index is 0.0606. The maximum Gasteiger partial charge on any atom is 0.251 e. The van der Waals surface area contributed by atoms with Gasteiger partial charge < -0.3 is 5.32 Å². The Kier molecular flexibility index (Phi) is 5.40. The first-order chi connectivity index (χ1) is 8.69. The van der Waals surface area contributed by atoms with E-state index in [1.54, 1.807) is 0 Å². The summed E-state index contributed by atoms with van der Waals surface area (Å²) in [6.07, 6.45) is 0.963. The molecule has 0 aromatic heterocycles. The molecule has 0 saturated heterocycles. The van der Waals surface area contributed by atoms with E-state index in [2.05, 4.69) is 18.3 Å². The smallest absolute Gasteiger partial charge is 0.251 e. The SMILES string of the molecule is CCC(C)NC(=O)c1cc2cc(c1)CSPSC2. The number of rotatable bonds is 3. The average molecular weight is 299 g/mol. The van der Waals surface area contributed by atoms with Crippen molar-refractivity contribution in [3.8, 4) is 0 Å². The van der Waals surface area contributed by atoms with E-state index in [1.807, 2.05) is 41.8 Å². The number of fused-ring (bicyclic) bond motifs is 2. The van der Waals surface area contributed by atoms with Crippen LogP contribution in [0.3, 0.4) is 0 Å². The fourth-order valence-electron chi connectivity index (χ4n) is 1.74. The number of amides is 1. The molecular formula is C13H18NOPS2. The van der Waals surface area contributed by atoms with Gasteiger partial charge in [0.2, 0.25) is 0 Å². The standard InChI is InChI=1S/C13H18NOPS2/c1-3-9(2)14-13(15)12-5-10-4-11(6-12)8-18-16-17-7-10/h4-6,9,16H,3,7-8H2,1-2H3,(H,14,15). The normalized spacial score (nSPS) is 16.6. The molecule has 0 spiro atoms. The minimum Gasteiger partial charge on any atom is -0.350 e. The molecule has 1 aromatic rings. The van der Waals surface area contributed by atoms with Crippen LogP contribution in [-0.2, 0) is 11.5 Å². The third-order valence-electron chi connectivity index (χ3n) is 2.90. The van der Waals surface area contributed by atoms with Crippen molar-refractivity contribution in [3.63, 3.8) is 0 Å². The van der Waals surface area contributed by atoms with Gasteiger partial charge in [0.15, 0.2) is 0 Å². The zero-order valence-electron chi connectivity index (χ0n) is 10.7. The molecule has 1 aromatic carbocycles. The number of hydrogen-bond donors (Lipinski definition) is 1. The van der Waals surface area contributed by atoms with Crippen LogP contribution >= 0.6 is 29.7 Å². The van der Waals surface area contributed by atoms with Crippen molar-refractivity contribution < 1.29 is 4.79 Å². The van der Waals surface area contributed by atoms with Crippen LogP contribution < -0.4 is 5.32 Å². The second-order valence-corrected chi connectivity index (χ2v) is 9.54. The number of carbonyl (C=O) groups excluding carboxylic acids is 1. The van der Waals surface area contributed by atoms with Gasteiger partial charge in [-0.25, -0.2) is 0 Å². The Morgan fingerprint density at radius 2 is 1.94 bits per heavy atom. The van der Waals surface area contributed by atoms with Gasteiger partial charge in [-0.1, -0.05) is 13.0 Å². The molecule has 0 aliphatic carbocycles. The Bertz CT molecular complexity index is 415. The van der Waals surface area contributed by atoms with E-state index in [4.69, 9.17) is 0 Å². The van der Waals surface area contributed by atoms with Crippen molar-refractivity contribution >= 4 is 35.7 Å². The van der Waals surface area contributed by atoms with E-state index < -0.39 is 0 Å². The monoisotopic (exact) mass is 299 g/mol. The summed E-state index contributed by atoms with van der Waals surface area (Å²) in [5.41, 5.74) is 3.37. The van der Waals surface area contributed by atoms with E-state index >= 15 is 0 Å². The van der Waals surface area contributed by atoms with Crippen LogP contribution in [0.2, 0.25) is 0 Å². The highest BCUT2D eigenvalue weighted by molar-refractivity contribution is 8.81. The van der Waals surface area contributed by atoms with Gasteiger partial charge in [0.1, 0.15) is 0 Å². The molecule has 0 saturated carbocycles. The highest BCUT2D eigenvalue weighted by Crippen LogP contribution is 2.47. The average Bonchev–Trinajstić information content (AvgIpc) is 2.36. The minimum atomic E-state index is 0.0606. The van der Waals surface area contributed by atoms with Crippen molar-refractivity contribution in [2.75, 3.05) is 0 Å². The molecule has 0 radical (unpaired) electrons. The zero-order valence-corrected chi connectivity index (χ0v) is 13.3. The number of benzene rings is 1. The molecule has 2 nitrogen and oxygen atoms in total. The van der Waals surface area contributed by atoms with Crippen molar-refractivity contribution in [2.24, 2.45) is 0 Å². The summed E-state index contributed by atoms with van der Waals surface area (Å²) in [4.78, 5) is 12.1. The number of carbonyl (C=O) groups is 1. The maximum atomic E-state index is 12.1. The molecule has 1 unspecified atom stereocenters. The number of nitrogens with one attached hydrogen (secondary N) is 1. The summed E-state index contributed by atoms with van der Waals surface area (Å²) in [7, 11) is 0. The van der Waals surface area contributed by atoms with Crippen molar-refractivity contribution in [1.29, 1.82) is 0 Å². The summed E-state index contributed by atoms with van der Waals surface area (Å²) in [6.45, 7) is 5.03. The van der Waals surface area contributed by atoms with Gasteiger partial charge in [0.25, 0.3) is 5.91 Å². The lowest BCUT2D eigenvalue weighted by molar-refractivity contribution is 0.0939. The van der Waals surface area contributed by atoms with Crippen LogP contribution in [-0.4, -0.2) is 11.9 Å². The van der Waals surface area contributed by atoms with Crippen LogP contribution in [0.1, 0.15) is 41.8 Å². The molecule has 18 heavy (non-hydrogen) atoms. The van der Waals surface area contributed by atoms with E-state index in [-0.39, 0.29) is 11.9 Å². The molecule has 2 bridgehead atoms. The molecule has 98 valence electrons. The van der Waals surface area contributed by atoms with Crippen molar-refractivity contribution in [1.82, 2.24) is 5.32 Å². The van der Waals surface area contributed by atoms with E-state index in [1.165, 1.54) is 11.1 Å². The van der Waals surface area contributed by atoms with Gasteiger partial charge in [0, 0.05) is 23.1 Å². The summed E-state index contributed by atoms with van der Waals surface area (Å²) in [5, 5.41) is 3.03. The fraction of sp³-hybridized carbons (Fsp3) is 0.462. The van der Waals surface area contributed by atoms with Gasteiger partial charge in [-0.2, -0.15) is 0 Å². The quantitative estimate of drug-likeness (QED) is 0.848. The van der Waals surface area contributed by atoms with E-state index in [0.29, 0.717) is 0 Å². The van der Waals surface area contributed by atoms with Crippen LogP contribution in [0.15, 0.2) is 18.2 Å². The Hall–Kier alpha value is -0.180. The fourth-order valence-corrected chi connectivity index (χ4v) is 6.02. The van der Waals surface area contributed by atoms with Crippen molar-refractivity contribution in [2.45, 2.75) is 37.8 Å². The van der Waals surface area contributed by atoms with Crippen LogP contribution in [0.5, 0.6) is 0 Å². The largest absolute Gasteiger partial charge is 0.350 e. The first kappa shape index (κ1) is 14.2. The van der Waals surface area contributed by atoms with Gasteiger partial charge in [0.05, 0.1) is 0 Å². The van der Waals surface area contributed by atoms with E-state index in [9.17, 15) is 4.79 Å². The molecule has 5 heteroatoms. The second kappa shape index (κ2) is 6.83. The van der Waals surface area contributed by atoms with Gasteiger partial charge >= 0.3 is 0 Å². The van der Waals surface area contributed by atoms with Crippen LogP contribution in [0, 0.1) is 0 Å². The Labute approximate surface area is 118 Å². The zero-order chi connectivity index (χ0) is 13.0. The lowest BCUT2D eigenvalue weighted by Crippen LogP contribution is -2.32. The molecule has 1 N–H and O–H groups in total. The van der Waals surface area contributed by atoms with Crippen LogP contribution in [0.4, 0.5) is 0 Å². The first-order valence-corrected chi connectivity index (χ1v) is 10.5. The molecule has 1 aliphatic heterocycles. The summed E-state index contributed by atoms with van der Waals surface area (Å²) >= 11 is 3.90. The second-order valence-electron chi connectivity index (χ2n) is 4.48. The molecule has 1 aliphatic rings. The summed E-state index contributed by atoms with van der Waals surface area (Å²) < 4.78 is 0. The molecule has 0 fully saturated rings. The Balaban J connectivity index is 2.18. The predicted molar refractivity (Wildman–Crippen MR) is 84.6 cm³/mol. The third kappa shape index (κ3) is 3.91. The number of hydrogen-bond acceptors (Lipinski definition) is 3. The lowest BCUT2D eigenvalue weighted by Gasteiger charge is -2.15. The first-order valence-electron chi connectivity index (χ1n) is 6.11. The predicted octanol–water partition coefficient (Wildman–Crippen LogP) is 4.20. The highest BCUT2D eigenvalue weighted by atomic mass is 33.1. The van der Waals surface area contributed by atoms with Gasteiger partial charge in [-0.15, -0.1) is 22.8 Å². The Morgan fingerprint density at radius 1 is 1.33 bits per heavy atom. The lowest BCUT2D eigenvalue weighted by atomic mass is 10.1. The molecule has 1 heterocycles. The van der Waals surface area contributed by atoms with Gasteiger partial charge in [-0.05, 0) is 43.6 Å². The summed E-state index contributed by atoms with van der Waals surface area (Å²) in [6, 6.07) is 6.54. The highest BCUT2D eigenvalue weighted by Gasteiger charge is 2.12. The summed E-state index contributed by atoms with van der Waals surface area (Å²) in [5.74, 6) is 2.09. The maximum absolute atomic E-state index is 12.1. The molecule has 1 amide bonds. The third-order valence-corrected chi connectivity index (χ3v) is 7.79. The molecule has 1 atom stereocenters. The molecule has 2 rings (SSSR count). The molecular weight excluding hydrogens is 281 g/mol. The van der Waals surface area contributed by atoms with E-state index in [0.717, 1.165) is 30.5 Å². The van der Waals surface area contributed by atoms with Crippen molar-refractivity contribution in [3.05, 3.63) is 34.9 Å². The van der Waals surface area contributed by atoms with Crippen LogP contribution in [0.25, 0.3) is 0 Å². The topological polar surface area (TPSA) is 29.1 Å². The van der Waals surface area contributed by atoms with Gasteiger partial charge in [-0.3, -0.25) is 4.79 Å². The Morgan fingerprint density at radius 3 is 2.50 bits per heavy atom.